The van der Waals surface area contributed by atoms with Crippen LogP contribution in [0.1, 0.15) is 87.9 Å². The average molecular weight is 941 g/mol. The predicted octanol–water partition coefficient (Wildman–Crippen LogP) is 4.30. The summed E-state index contributed by atoms with van der Waals surface area (Å²) in [7, 11) is 2.76. The van der Waals surface area contributed by atoms with E-state index in [2.05, 4.69) is 43.0 Å². The second-order valence-electron chi connectivity index (χ2n) is 16.2. The van der Waals surface area contributed by atoms with Crippen molar-refractivity contribution in [3.8, 4) is 23.0 Å². The lowest BCUT2D eigenvalue weighted by Gasteiger charge is -2.22. The number of carbonyl (C=O) groups excluding carboxylic acids is 8. The second kappa shape index (κ2) is 25.7. The van der Waals surface area contributed by atoms with Gasteiger partial charge in [-0.1, -0.05) is 39.8 Å². The van der Waals surface area contributed by atoms with Gasteiger partial charge in [-0.2, -0.15) is 0 Å². The normalized spacial score (nSPS) is 11.6. The van der Waals surface area contributed by atoms with Crippen LogP contribution in [0.3, 0.4) is 0 Å². The van der Waals surface area contributed by atoms with Crippen LogP contribution < -0.4 is 61.9 Å². The lowest BCUT2D eigenvalue weighted by atomic mass is 10.0. The van der Waals surface area contributed by atoms with E-state index in [0.717, 1.165) is 10.8 Å². The molecule has 8 N–H and O–H groups in total. The second-order valence-corrected chi connectivity index (χ2v) is 16.2. The van der Waals surface area contributed by atoms with Gasteiger partial charge in [-0.25, -0.2) is 0 Å². The Morgan fingerprint density at radius 2 is 0.897 bits per heavy atom. The molecule has 0 saturated carbocycles. The molecule has 0 aromatic heterocycles. The molecule has 2 atom stereocenters. The van der Waals surface area contributed by atoms with E-state index in [1.807, 2.05) is 36.4 Å². The van der Waals surface area contributed by atoms with Gasteiger partial charge in [-0.05, 0) is 96.1 Å². The smallest absolute Gasteiger partial charge is 0.273 e. The van der Waals surface area contributed by atoms with Gasteiger partial charge in [-0.3, -0.25) is 60.1 Å². The molecule has 0 aliphatic heterocycles. The number of amides is 8. The van der Waals surface area contributed by atoms with Crippen LogP contribution >= 0.6 is 0 Å². The summed E-state index contributed by atoms with van der Waals surface area (Å²) >= 11 is 0. The van der Waals surface area contributed by atoms with Crippen molar-refractivity contribution in [2.24, 2.45) is 11.8 Å². The number of methoxy groups -OCH3 is 2. The van der Waals surface area contributed by atoms with Crippen molar-refractivity contribution in [3.05, 3.63) is 83.9 Å². The molecule has 68 heavy (non-hydrogen) atoms. The summed E-state index contributed by atoms with van der Waals surface area (Å²) in [6.45, 7) is 10.1. The van der Waals surface area contributed by atoms with E-state index in [9.17, 15) is 38.4 Å². The number of carbonyl (C=O) groups is 8. The number of anilines is 2. The minimum atomic E-state index is -0.954. The van der Waals surface area contributed by atoms with Gasteiger partial charge in [0.15, 0.2) is 0 Å². The van der Waals surface area contributed by atoms with Crippen molar-refractivity contribution in [3.63, 3.8) is 0 Å². The summed E-state index contributed by atoms with van der Waals surface area (Å²) in [4.78, 5) is 101. The van der Waals surface area contributed by atoms with Crippen LogP contribution in [0.5, 0.6) is 23.0 Å². The molecule has 0 aliphatic rings. The third-order valence-electron chi connectivity index (χ3n) is 10.1. The minimum absolute atomic E-state index is 0.0670. The van der Waals surface area contributed by atoms with E-state index in [1.165, 1.54) is 52.3 Å². The van der Waals surface area contributed by atoms with Gasteiger partial charge in [0.05, 0.1) is 38.6 Å². The molecule has 0 heterocycles. The first-order chi connectivity index (χ1) is 32.4. The summed E-state index contributed by atoms with van der Waals surface area (Å²) in [5.74, 6) is -3.10. The van der Waals surface area contributed by atoms with E-state index in [4.69, 9.17) is 18.9 Å². The fourth-order valence-electron chi connectivity index (χ4n) is 6.65. The van der Waals surface area contributed by atoms with Gasteiger partial charge in [0, 0.05) is 38.1 Å². The molecule has 4 aromatic rings. The van der Waals surface area contributed by atoms with Gasteiger partial charge >= 0.3 is 0 Å². The Balaban J connectivity index is 1.19. The number of ether oxygens (including phenoxy) is 4. The fraction of sp³-hybridized carbons (Fsp3) is 0.375. The number of rotatable bonds is 22. The summed E-state index contributed by atoms with van der Waals surface area (Å²) in [5, 5.41) is 12.4. The minimum Gasteiger partial charge on any atom is -0.496 e. The summed E-state index contributed by atoms with van der Waals surface area (Å²) < 4.78 is 22.3. The first-order valence-corrected chi connectivity index (χ1v) is 21.9. The van der Waals surface area contributed by atoms with E-state index in [0.29, 0.717) is 35.7 Å². The van der Waals surface area contributed by atoms with Crippen molar-refractivity contribution in [1.82, 2.24) is 32.3 Å². The number of fused-ring (bicyclic) bond motifs is 1. The molecule has 20 nitrogen and oxygen atoms in total. The maximum absolute atomic E-state index is 13.0. The Morgan fingerprint density at radius 3 is 1.25 bits per heavy atom. The highest BCUT2D eigenvalue weighted by atomic mass is 16.5. The lowest BCUT2D eigenvalue weighted by Crippen LogP contribution is -2.54. The summed E-state index contributed by atoms with van der Waals surface area (Å²) in [5.41, 5.74) is 10.3. The Labute approximate surface area is 394 Å². The van der Waals surface area contributed by atoms with Gasteiger partial charge in [0.25, 0.3) is 23.6 Å². The summed E-state index contributed by atoms with van der Waals surface area (Å²) in [6, 6.07) is 18.1. The Kier molecular flexibility index (Phi) is 19.9. The molecule has 0 saturated heterocycles. The zero-order valence-electron chi connectivity index (χ0n) is 39.4. The van der Waals surface area contributed by atoms with E-state index in [-0.39, 0.29) is 84.1 Å². The third-order valence-corrected chi connectivity index (χ3v) is 10.1. The SMILES string of the molecule is COc1ccc(NC(C)=O)cc1C(=O)NNC(=O)[C@@H](NC(=O)CCCOc1ccc2ccc(OCCCC(=O)N[C@H](C(=O)NNC(=O)c3cc(NC(C)=O)ccc3OC)C(C)C)cc2c1)C(C)C. The molecule has 0 aliphatic carbocycles. The van der Waals surface area contributed by atoms with Crippen molar-refractivity contribution in [1.29, 1.82) is 0 Å². The van der Waals surface area contributed by atoms with Crippen LogP contribution in [0.4, 0.5) is 11.4 Å². The quantitative estimate of drug-likeness (QED) is 0.0405. The topological polar surface area (TPSA) is 270 Å². The van der Waals surface area contributed by atoms with Crippen LogP contribution in [-0.4, -0.2) is 86.8 Å². The van der Waals surface area contributed by atoms with Crippen LogP contribution in [0, 0.1) is 11.8 Å². The number of hydrogen-bond acceptors (Lipinski definition) is 12. The van der Waals surface area contributed by atoms with Gasteiger partial charge < -0.3 is 40.2 Å². The Hall–Kier alpha value is -7.90. The number of hydrazine groups is 2. The zero-order valence-corrected chi connectivity index (χ0v) is 39.4. The van der Waals surface area contributed by atoms with Gasteiger partial charge in [0.1, 0.15) is 35.1 Å². The predicted molar refractivity (Wildman–Crippen MR) is 253 cm³/mol. The van der Waals surface area contributed by atoms with Gasteiger partial charge in [0.2, 0.25) is 23.6 Å². The maximum Gasteiger partial charge on any atom is 0.273 e. The Bertz CT molecular complexity index is 2310. The standard InChI is InChI=1S/C48H60N8O12/c1-27(2)43(47(63)55-53-45(61)37-25-33(49-29(5)57)15-19-39(37)65-7)51-41(59)11-9-21-67-35-17-13-31-14-18-36(24-32(31)23-35)68-22-10-12-42(60)52-44(28(3)4)48(64)56-54-46(62)38-26-34(50-30(6)58)16-20-40(38)66-8/h13-20,23-28,43-44H,9-12,21-22H2,1-8H3,(H,49,57)(H,50,58)(H,51,59)(H,52,60)(H,53,61)(H,54,62)(H,55,63)(H,56,64)/t43-,44-/m0/s1. The molecule has 364 valence electrons. The molecule has 0 unspecified atom stereocenters. The average Bonchev–Trinajstić information content (AvgIpc) is 3.30. The van der Waals surface area contributed by atoms with Crippen molar-refractivity contribution in [2.45, 2.75) is 79.3 Å². The highest BCUT2D eigenvalue weighted by molar-refractivity contribution is 6.01. The van der Waals surface area contributed by atoms with Crippen LogP contribution in [0.15, 0.2) is 72.8 Å². The van der Waals surface area contributed by atoms with E-state index >= 15 is 0 Å². The first kappa shape index (κ1) is 52.7. The Morgan fingerprint density at radius 1 is 0.500 bits per heavy atom. The number of nitrogens with one attached hydrogen (secondary N) is 8. The van der Waals surface area contributed by atoms with Crippen LogP contribution in [0.25, 0.3) is 10.8 Å². The van der Waals surface area contributed by atoms with Crippen LogP contribution in [0.2, 0.25) is 0 Å². The van der Waals surface area contributed by atoms with E-state index < -0.39 is 35.7 Å². The molecule has 0 spiro atoms. The summed E-state index contributed by atoms with van der Waals surface area (Å²) in [6.07, 6.45) is 0.829. The van der Waals surface area contributed by atoms with Gasteiger partial charge in [-0.15, -0.1) is 0 Å². The zero-order chi connectivity index (χ0) is 49.9. The molecule has 4 aromatic carbocycles. The molecule has 0 bridgehead atoms. The molecule has 4 rings (SSSR count). The van der Waals surface area contributed by atoms with Crippen molar-refractivity contribution in [2.75, 3.05) is 38.1 Å². The molecule has 20 heteroatoms. The number of benzene rings is 4. The van der Waals surface area contributed by atoms with Crippen LogP contribution in [-0.2, 0) is 28.8 Å². The number of hydrogen-bond donors (Lipinski definition) is 8. The molecular formula is C48H60N8O12. The highest BCUT2D eigenvalue weighted by Gasteiger charge is 2.27. The molecule has 0 fully saturated rings. The van der Waals surface area contributed by atoms with Crippen molar-refractivity contribution >= 4 is 69.4 Å². The molecular weight excluding hydrogens is 881 g/mol. The highest BCUT2D eigenvalue weighted by Crippen LogP contribution is 2.27. The van der Waals surface area contributed by atoms with E-state index in [1.54, 1.807) is 39.8 Å². The third kappa shape index (κ3) is 16.2. The lowest BCUT2D eigenvalue weighted by molar-refractivity contribution is -0.130. The largest absolute Gasteiger partial charge is 0.496 e. The first-order valence-electron chi connectivity index (χ1n) is 21.9. The maximum atomic E-state index is 13.0. The molecule has 0 radical (unpaired) electrons. The van der Waals surface area contributed by atoms with Crippen molar-refractivity contribution < 1.29 is 57.3 Å². The monoisotopic (exact) mass is 940 g/mol. The fourth-order valence-corrected chi connectivity index (χ4v) is 6.65. The molecule has 8 amide bonds.